The van der Waals surface area contributed by atoms with Crippen LogP contribution in [0.4, 0.5) is 5.69 Å². The van der Waals surface area contributed by atoms with E-state index in [1.807, 2.05) is 12.2 Å². The monoisotopic (exact) mass is 327 g/mol. The average molecular weight is 328 g/mol. The minimum Gasteiger partial charge on any atom is -0.481 e. The Hall–Kier alpha value is -1.66. The molecular weight excluding hydrogens is 317 g/mol. The Labute approximate surface area is 130 Å². The molecule has 1 aromatic heterocycles. The molecule has 0 aliphatic heterocycles. The molecule has 4 atom stereocenters. The second kappa shape index (κ2) is 5.27. The smallest absolute Gasteiger partial charge is 0.307 e. The van der Waals surface area contributed by atoms with Gasteiger partial charge in [0.2, 0.25) is 5.91 Å². The van der Waals surface area contributed by atoms with Crippen LogP contribution in [0.1, 0.15) is 6.42 Å². The van der Waals surface area contributed by atoms with Crippen molar-refractivity contribution in [2.45, 2.75) is 6.42 Å². The molecule has 0 radical (unpaired) electrons. The van der Waals surface area contributed by atoms with Gasteiger partial charge in [0, 0.05) is 0 Å². The zero-order valence-corrected chi connectivity index (χ0v) is 12.2. The van der Waals surface area contributed by atoms with Crippen molar-refractivity contribution in [2.24, 2.45) is 23.7 Å². The number of hydrogen-bond acceptors (Lipinski definition) is 4. The van der Waals surface area contributed by atoms with Crippen molar-refractivity contribution in [3.8, 4) is 0 Å². The van der Waals surface area contributed by atoms with E-state index in [9.17, 15) is 14.7 Å². The fraction of sp³-hybridized carbons (Fsp3) is 0.385. The summed E-state index contributed by atoms with van der Waals surface area (Å²) in [5.41, 5.74) is 0.113. The first-order chi connectivity index (χ1) is 9.99. The first-order valence-corrected chi connectivity index (χ1v) is 7.12. The van der Waals surface area contributed by atoms with Gasteiger partial charge in [-0.05, 0) is 18.3 Å². The van der Waals surface area contributed by atoms with Gasteiger partial charge in [-0.2, -0.15) is 0 Å². The van der Waals surface area contributed by atoms with Gasteiger partial charge in [-0.1, -0.05) is 35.4 Å². The maximum atomic E-state index is 12.4. The molecule has 0 spiro atoms. The van der Waals surface area contributed by atoms with Gasteiger partial charge >= 0.3 is 5.97 Å². The van der Waals surface area contributed by atoms with Crippen molar-refractivity contribution in [3.05, 3.63) is 28.8 Å². The summed E-state index contributed by atoms with van der Waals surface area (Å²) in [5.74, 6) is -2.90. The molecule has 1 heterocycles. The molecule has 110 valence electrons. The number of allylic oxidation sites excluding steroid dienone is 2. The maximum absolute atomic E-state index is 12.4. The van der Waals surface area contributed by atoms with Gasteiger partial charge in [-0.25, -0.2) is 9.97 Å². The lowest BCUT2D eigenvalue weighted by Gasteiger charge is -2.24. The number of hydrogen-bond donors (Lipinski definition) is 2. The van der Waals surface area contributed by atoms with Crippen LogP contribution < -0.4 is 5.32 Å². The minimum atomic E-state index is -0.964. The van der Waals surface area contributed by atoms with Gasteiger partial charge in [-0.15, -0.1) is 0 Å². The predicted octanol–water partition coefficient (Wildman–Crippen LogP) is 2.24. The normalized spacial score (nSPS) is 29.6. The average Bonchev–Trinajstić information content (AvgIpc) is 3.03. The molecule has 1 fully saturated rings. The molecule has 2 bridgehead atoms. The third kappa shape index (κ3) is 2.38. The highest BCUT2D eigenvalue weighted by Gasteiger charge is 2.51. The van der Waals surface area contributed by atoms with E-state index in [1.165, 1.54) is 6.33 Å². The van der Waals surface area contributed by atoms with Crippen LogP contribution in [-0.4, -0.2) is 27.0 Å². The summed E-state index contributed by atoms with van der Waals surface area (Å²) in [6.07, 6.45) is 5.64. The summed E-state index contributed by atoms with van der Waals surface area (Å²) < 4.78 is 0. The van der Waals surface area contributed by atoms with Crippen LogP contribution >= 0.6 is 23.2 Å². The van der Waals surface area contributed by atoms with E-state index in [0.29, 0.717) is 6.42 Å². The van der Waals surface area contributed by atoms with Crippen molar-refractivity contribution < 1.29 is 14.7 Å². The van der Waals surface area contributed by atoms with Gasteiger partial charge < -0.3 is 10.4 Å². The molecule has 8 heteroatoms. The van der Waals surface area contributed by atoms with Crippen LogP contribution in [0.25, 0.3) is 0 Å². The second-order valence-corrected chi connectivity index (χ2v) is 5.87. The SMILES string of the molecule is O=C(O)[C@@H]1C2C=CC(C2)[C@@H]1C(=O)Nc1c(Cl)ncnc1Cl. The molecule has 0 aromatic carbocycles. The number of halogens is 2. The molecule has 2 aliphatic carbocycles. The van der Waals surface area contributed by atoms with Gasteiger partial charge in [0.25, 0.3) is 0 Å². The first kappa shape index (κ1) is 14.3. The summed E-state index contributed by atoms with van der Waals surface area (Å²) in [4.78, 5) is 31.3. The van der Waals surface area contributed by atoms with Crippen LogP contribution in [0.2, 0.25) is 10.3 Å². The van der Waals surface area contributed by atoms with E-state index >= 15 is 0 Å². The van der Waals surface area contributed by atoms with E-state index in [1.54, 1.807) is 0 Å². The molecule has 2 aliphatic rings. The Morgan fingerprint density at radius 1 is 1.14 bits per heavy atom. The summed E-state index contributed by atoms with van der Waals surface area (Å²) >= 11 is 11.8. The topological polar surface area (TPSA) is 92.2 Å². The van der Waals surface area contributed by atoms with E-state index in [-0.39, 0.29) is 27.8 Å². The van der Waals surface area contributed by atoms with E-state index < -0.39 is 23.7 Å². The number of nitrogens with zero attached hydrogens (tertiary/aromatic N) is 2. The van der Waals surface area contributed by atoms with E-state index in [2.05, 4.69) is 15.3 Å². The number of carboxylic acid groups (broad SMARTS) is 1. The molecule has 3 rings (SSSR count). The highest BCUT2D eigenvalue weighted by atomic mass is 35.5. The molecule has 0 saturated heterocycles. The van der Waals surface area contributed by atoms with Crippen LogP contribution in [0, 0.1) is 23.7 Å². The van der Waals surface area contributed by atoms with E-state index in [0.717, 1.165) is 0 Å². The number of carbonyl (C=O) groups is 2. The Kier molecular flexibility index (Phi) is 3.59. The van der Waals surface area contributed by atoms with Crippen molar-refractivity contribution in [3.63, 3.8) is 0 Å². The summed E-state index contributed by atoms with van der Waals surface area (Å²) in [6, 6.07) is 0. The van der Waals surface area contributed by atoms with Gasteiger partial charge in [0.15, 0.2) is 10.3 Å². The molecule has 6 nitrogen and oxygen atoms in total. The number of aromatic nitrogens is 2. The number of carbonyl (C=O) groups excluding carboxylic acids is 1. The lowest BCUT2D eigenvalue weighted by molar-refractivity contribution is -0.146. The zero-order valence-electron chi connectivity index (χ0n) is 10.7. The summed E-state index contributed by atoms with van der Waals surface area (Å²) in [6.45, 7) is 0. The van der Waals surface area contributed by atoms with Crippen LogP contribution in [0.5, 0.6) is 0 Å². The Morgan fingerprint density at radius 3 is 2.29 bits per heavy atom. The van der Waals surface area contributed by atoms with Crippen LogP contribution in [0.15, 0.2) is 18.5 Å². The largest absolute Gasteiger partial charge is 0.481 e. The third-order valence-electron chi connectivity index (χ3n) is 4.05. The Bertz CT molecular complexity index is 629. The van der Waals surface area contributed by atoms with Gasteiger partial charge in [0.1, 0.15) is 12.0 Å². The number of carboxylic acids is 1. The molecule has 1 aromatic rings. The molecule has 1 amide bonds. The molecule has 21 heavy (non-hydrogen) atoms. The fourth-order valence-electron chi connectivity index (χ4n) is 3.17. The van der Waals surface area contributed by atoms with Gasteiger partial charge in [0.05, 0.1) is 11.8 Å². The lowest BCUT2D eigenvalue weighted by Crippen LogP contribution is -2.36. The number of anilines is 1. The van der Waals surface area contributed by atoms with Crippen LogP contribution in [-0.2, 0) is 9.59 Å². The van der Waals surface area contributed by atoms with Crippen molar-refractivity contribution in [2.75, 3.05) is 5.32 Å². The predicted molar refractivity (Wildman–Crippen MR) is 76.0 cm³/mol. The molecule has 2 N–H and O–H groups in total. The number of rotatable bonds is 3. The second-order valence-electron chi connectivity index (χ2n) is 5.16. The highest BCUT2D eigenvalue weighted by Crippen LogP contribution is 2.48. The van der Waals surface area contributed by atoms with Crippen LogP contribution in [0.3, 0.4) is 0 Å². The lowest BCUT2D eigenvalue weighted by atomic mass is 9.82. The summed E-state index contributed by atoms with van der Waals surface area (Å²) in [7, 11) is 0. The van der Waals surface area contributed by atoms with Crippen molar-refractivity contribution in [1.29, 1.82) is 0 Å². The zero-order chi connectivity index (χ0) is 15.1. The van der Waals surface area contributed by atoms with Crippen molar-refractivity contribution in [1.82, 2.24) is 9.97 Å². The number of amides is 1. The highest BCUT2D eigenvalue weighted by molar-refractivity contribution is 6.38. The fourth-order valence-corrected chi connectivity index (χ4v) is 3.58. The standard InChI is InChI=1S/C13H11Cl2N3O3/c14-10-9(11(15)17-4-16-10)18-12(19)7-5-1-2-6(3-5)8(7)13(20)21/h1-2,4-8H,3H2,(H,18,19)(H,20,21)/t5?,6?,7-,8+/m0/s1. The Balaban J connectivity index is 1.85. The Morgan fingerprint density at radius 2 is 1.71 bits per heavy atom. The minimum absolute atomic E-state index is 0.0222. The molecule has 1 saturated carbocycles. The number of aliphatic carboxylic acids is 1. The third-order valence-corrected chi connectivity index (χ3v) is 4.62. The summed E-state index contributed by atoms with van der Waals surface area (Å²) in [5, 5.41) is 11.9. The molecule has 2 unspecified atom stereocenters. The number of nitrogens with one attached hydrogen (secondary N) is 1. The number of fused-ring (bicyclic) bond motifs is 2. The van der Waals surface area contributed by atoms with E-state index in [4.69, 9.17) is 23.2 Å². The maximum Gasteiger partial charge on any atom is 0.307 e. The van der Waals surface area contributed by atoms with Crippen molar-refractivity contribution >= 4 is 40.8 Å². The quantitative estimate of drug-likeness (QED) is 0.656. The van der Waals surface area contributed by atoms with Gasteiger partial charge in [-0.3, -0.25) is 9.59 Å². The first-order valence-electron chi connectivity index (χ1n) is 6.37. The molecular formula is C13H11Cl2N3O3.